The van der Waals surface area contributed by atoms with Crippen LogP contribution in [0.1, 0.15) is 13.3 Å². The Bertz CT molecular complexity index is 1600. The molecule has 0 saturated carbocycles. The number of hydrogen-bond donors (Lipinski definition) is 2. The summed E-state index contributed by atoms with van der Waals surface area (Å²) in [6.07, 6.45) is 5.25. The summed E-state index contributed by atoms with van der Waals surface area (Å²) < 4.78 is 17.6. The van der Waals surface area contributed by atoms with Gasteiger partial charge in [0.15, 0.2) is 0 Å². The average Bonchev–Trinajstić information content (AvgIpc) is 3.44. The molecular weight excluding hydrogens is 499 g/mol. The van der Waals surface area contributed by atoms with Crippen molar-refractivity contribution in [2.75, 3.05) is 18.0 Å². The molecule has 1 atom stereocenters. The van der Waals surface area contributed by atoms with Gasteiger partial charge in [-0.15, -0.1) is 0 Å². The fourth-order valence-electron chi connectivity index (χ4n) is 4.65. The molecule has 37 heavy (non-hydrogen) atoms. The van der Waals surface area contributed by atoms with Gasteiger partial charge in [0.05, 0.1) is 16.1 Å². The molecule has 5 rings (SSSR count). The summed E-state index contributed by atoms with van der Waals surface area (Å²) in [5, 5.41) is 21.0. The summed E-state index contributed by atoms with van der Waals surface area (Å²) in [6.45, 7) is 2.53. The second kappa shape index (κ2) is 9.08. The van der Waals surface area contributed by atoms with Crippen LogP contribution in [0.2, 0.25) is 5.02 Å². The lowest BCUT2D eigenvalue weighted by Gasteiger charge is -2.21. The number of rotatable bonds is 5. The molecule has 4 aromatic rings. The summed E-state index contributed by atoms with van der Waals surface area (Å²) in [7, 11) is 1.63. The Balaban J connectivity index is 1.52. The fraction of sp³-hybridized carbons (Fsp3) is 0.222. The monoisotopic (exact) mass is 522 g/mol. The predicted molar refractivity (Wildman–Crippen MR) is 139 cm³/mol. The first kappa shape index (κ1) is 24.6. The second-order valence-electron chi connectivity index (χ2n) is 9.52. The van der Waals surface area contributed by atoms with E-state index >= 15 is 0 Å². The maximum Gasteiger partial charge on any atom is 0.332 e. The number of imidazole rings is 1. The molecule has 0 radical (unpaired) electrons. The number of nitrogens with zero attached hydrogens (tertiary/aromatic N) is 4. The molecule has 2 aromatic carbocycles. The zero-order valence-corrected chi connectivity index (χ0v) is 20.9. The van der Waals surface area contributed by atoms with E-state index in [9.17, 15) is 24.2 Å². The van der Waals surface area contributed by atoms with Crippen LogP contribution in [0.3, 0.4) is 0 Å². The Morgan fingerprint density at radius 3 is 2.41 bits per heavy atom. The first-order valence-corrected chi connectivity index (χ1v) is 12.0. The number of halogens is 2. The van der Waals surface area contributed by atoms with Gasteiger partial charge in [-0.2, -0.15) is 0 Å². The standard InChI is InChI=1S/C27H24ClFN4O4/c1-27(25(35)36)6-8-32(15-27)23-12-17(5-7-30-23)20-14-18(29)13-19(24(20)34)16-3-4-22(21(28)11-16)33-10-9-31(2)26(33)37/h3-5,7,9-14,34H,6,8,15H2,1-2H3,(H,35,36). The van der Waals surface area contributed by atoms with Gasteiger partial charge < -0.3 is 19.7 Å². The highest BCUT2D eigenvalue weighted by atomic mass is 35.5. The van der Waals surface area contributed by atoms with Crippen LogP contribution in [-0.4, -0.2) is 43.4 Å². The van der Waals surface area contributed by atoms with Crippen LogP contribution in [0.15, 0.2) is 65.8 Å². The lowest BCUT2D eigenvalue weighted by Crippen LogP contribution is -2.31. The predicted octanol–water partition coefficient (Wildman–Crippen LogP) is 4.70. The number of aryl methyl sites for hydroxylation is 1. The third-order valence-corrected chi connectivity index (χ3v) is 7.21. The number of carboxylic acids is 1. The third-order valence-electron chi connectivity index (χ3n) is 6.91. The first-order valence-electron chi connectivity index (χ1n) is 11.6. The lowest BCUT2D eigenvalue weighted by molar-refractivity contribution is -0.146. The van der Waals surface area contributed by atoms with Crippen LogP contribution in [0, 0.1) is 11.2 Å². The molecule has 10 heteroatoms. The van der Waals surface area contributed by atoms with Crippen LogP contribution in [0.5, 0.6) is 5.75 Å². The number of phenols is 1. The van der Waals surface area contributed by atoms with Crippen molar-refractivity contribution in [1.29, 1.82) is 0 Å². The van der Waals surface area contributed by atoms with Gasteiger partial charge >= 0.3 is 11.7 Å². The van der Waals surface area contributed by atoms with Gasteiger partial charge in [-0.25, -0.2) is 14.2 Å². The molecule has 8 nitrogen and oxygen atoms in total. The number of carbonyl (C=O) groups is 1. The summed E-state index contributed by atoms with van der Waals surface area (Å²) in [4.78, 5) is 30.2. The van der Waals surface area contributed by atoms with Crippen molar-refractivity contribution in [3.05, 3.63) is 82.4 Å². The molecule has 190 valence electrons. The fourth-order valence-corrected chi connectivity index (χ4v) is 4.92. The van der Waals surface area contributed by atoms with Crippen LogP contribution in [0.25, 0.3) is 27.9 Å². The number of pyridine rings is 1. The molecule has 2 aromatic heterocycles. The van der Waals surface area contributed by atoms with Crippen molar-refractivity contribution in [2.45, 2.75) is 13.3 Å². The Morgan fingerprint density at radius 1 is 1.11 bits per heavy atom. The average molecular weight is 523 g/mol. The first-order chi connectivity index (χ1) is 17.6. The number of anilines is 1. The van der Waals surface area contributed by atoms with E-state index in [-0.39, 0.29) is 27.6 Å². The molecule has 0 spiro atoms. The van der Waals surface area contributed by atoms with E-state index in [1.54, 1.807) is 62.9 Å². The Kier molecular flexibility index (Phi) is 6.03. The third kappa shape index (κ3) is 4.35. The maximum absolute atomic E-state index is 14.8. The van der Waals surface area contributed by atoms with Gasteiger partial charge in [0.2, 0.25) is 0 Å². The smallest absolute Gasteiger partial charge is 0.332 e. The number of aromatic hydroxyl groups is 1. The number of benzene rings is 2. The van der Waals surface area contributed by atoms with Crippen LogP contribution >= 0.6 is 11.6 Å². The molecule has 0 bridgehead atoms. The molecular formula is C27H24ClFN4O4. The topological polar surface area (TPSA) is 101 Å². The zero-order valence-electron chi connectivity index (χ0n) is 20.2. The molecule has 2 N–H and O–H groups in total. The van der Waals surface area contributed by atoms with Crippen LogP contribution < -0.4 is 10.6 Å². The molecule has 0 aliphatic carbocycles. The molecule has 0 amide bonds. The van der Waals surface area contributed by atoms with Gasteiger partial charge in [-0.05, 0) is 60.9 Å². The minimum Gasteiger partial charge on any atom is -0.507 e. The van der Waals surface area contributed by atoms with E-state index in [2.05, 4.69) is 4.98 Å². The minimum absolute atomic E-state index is 0.143. The van der Waals surface area contributed by atoms with E-state index in [0.717, 1.165) is 0 Å². The van der Waals surface area contributed by atoms with Crippen molar-refractivity contribution < 1.29 is 19.4 Å². The molecule has 1 unspecified atom stereocenters. The largest absolute Gasteiger partial charge is 0.507 e. The van der Waals surface area contributed by atoms with Gasteiger partial charge in [0, 0.05) is 49.9 Å². The highest BCUT2D eigenvalue weighted by Crippen LogP contribution is 2.41. The summed E-state index contributed by atoms with van der Waals surface area (Å²) in [5.74, 6) is -1.01. The van der Waals surface area contributed by atoms with Crippen molar-refractivity contribution in [2.24, 2.45) is 12.5 Å². The van der Waals surface area contributed by atoms with E-state index in [0.29, 0.717) is 42.1 Å². The Morgan fingerprint density at radius 2 is 1.81 bits per heavy atom. The molecule has 1 fully saturated rings. The molecule has 3 heterocycles. The summed E-state index contributed by atoms with van der Waals surface area (Å²) >= 11 is 6.48. The van der Waals surface area contributed by atoms with E-state index in [4.69, 9.17) is 11.6 Å². The van der Waals surface area contributed by atoms with E-state index < -0.39 is 17.2 Å². The summed E-state index contributed by atoms with van der Waals surface area (Å²) in [6, 6.07) is 10.7. The number of hydrogen-bond acceptors (Lipinski definition) is 5. The zero-order chi connectivity index (χ0) is 26.5. The van der Waals surface area contributed by atoms with Crippen molar-refractivity contribution in [1.82, 2.24) is 14.1 Å². The lowest BCUT2D eigenvalue weighted by atomic mass is 9.90. The second-order valence-corrected chi connectivity index (χ2v) is 9.92. The Hall–Kier alpha value is -4.11. The van der Waals surface area contributed by atoms with Crippen LogP contribution in [-0.2, 0) is 11.8 Å². The summed E-state index contributed by atoms with van der Waals surface area (Å²) in [5.41, 5.74) is 0.834. The normalized spacial score (nSPS) is 17.4. The number of carboxylic acid groups (broad SMARTS) is 1. The van der Waals surface area contributed by atoms with Crippen molar-refractivity contribution in [3.63, 3.8) is 0 Å². The van der Waals surface area contributed by atoms with Gasteiger partial charge in [-0.1, -0.05) is 17.7 Å². The SMILES string of the molecule is Cn1ccn(-c2ccc(-c3cc(F)cc(-c4ccnc(N5CCC(C)(C(=O)O)C5)c4)c3O)cc2Cl)c1=O. The number of aromatic nitrogens is 3. The van der Waals surface area contributed by atoms with Crippen molar-refractivity contribution >= 4 is 23.4 Å². The maximum atomic E-state index is 14.8. The van der Waals surface area contributed by atoms with Gasteiger partial charge in [-0.3, -0.25) is 9.36 Å². The van der Waals surface area contributed by atoms with Crippen LogP contribution in [0.4, 0.5) is 10.2 Å². The van der Waals surface area contributed by atoms with Gasteiger partial charge in [0.25, 0.3) is 0 Å². The number of aliphatic carboxylic acids is 1. The quantitative estimate of drug-likeness (QED) is 0.394. The molecule has 1 aliphatic heterocycles. The van der Waals surface area contributed by atoms with Crippen molar-refractivity contribution in [3.8, 4) is 33.7 Å². The Labute approximate surface area is 216 Å². The highest BCUT2D eigenvalue weighted by Gasteiger charge is 2.41. The van der Waals surface area contributed by atoms with E-state index in [1.807, 2.05) is 4.90 Å². The van der Waals surface area contributed by atoms with Gasteiger partial charge in [0.1, 0.15) is 17.4 Å². The number of phenolic OH excluding ortho intramolecular Hbond substituents is 1. The molecule has 1 aliphatic rings. The van der Waals surface area contributed by atoms with E-state index in [1.165, 1.54) is 21.3 Å². The highest BCUT2D eigenvalue weighted by molar-refractivity contribution is 6.32. The molecule has 1 saturated heterocycles. The minimum atomic E-state index is -0.873.